The van der Waals surface area contributed by atoms with E-state index in [1.54, 1.807) is 0 Å². The largest absolute Gasteiger partial charge is 0.375 e. The van der Waals surface area contributed by atoms with Crippen molar-refractivity contribution in [1.29, 1.82) is 0 Å². The van der Waals surface area contributed by atoms with Crippen LogP contribution in [0, 0.1) is 0 Å². The minimum absolute atomic E-state index is 0.245. The second-order valence-corrected chi connectivity index (χ2v) is 2.49. The minimum Gasteiger partial charge on any atom is -0.375 e. The number of amidine groups is 1. The van der Waals surface area contributed by atoms with Crippen LogP contribution in [0.15, 0.2) is 4.99 Å². The zero-order valence-corrected chi connectivity index (χ0v) is 6.37. The molecule has 1 aliphatic rings. The molecular weight excluding hydrogens is 148 g/mol. The van der Waals surface area contributed by atoms with Gasteiger partial charge in [-0.05, 0) is 18.6 Å². The molecule has 0 aromatic heterocycles. The van der Waals surface area contributed by atoms with Crippen molar-refractivity contribution in [2.45, 2.75) is 12.8 Å². The lowest BCUT2D eigenvalue weighted by Crippen LogP contribution is -2.43. The first-order valence-corrected chi connectivity index (χ1v) is 3.54. The van der Waals surface area contributed by atoms with Crippen molar-refractivity contribution in [3.8, 4) is 0 Å². The Morgan fingerprint density at radius 1 is 1.70 bits per heavy atom. The average Bonchev–Trinajstić information content (AvgIpc) is 2.34. The maximum Gasteiger partial charge on any atom is 0.182 e. The fraction of sp³-hybridized carbons (Fsp3) is 0.600. The summed E-state index contributed by atoms with van der Waals surface area (Å²) in [7, 11) is 0. The number of nitrogens with two attached hydrogens (primary N) is 1. The van der Waals surface area contributed by atoms with Crippen molar-refractivity contribution in [3.05, 3.63) is 0 Å². The lowest BCUT2D eigenvalue weighted by Gasteiger charge is -2.05. The number of aliphatic imine (C=N–C) groups is 1. The minimum atomic E-state index is 0.245. The SMILES string of the molecule is NC(=S)NNC1=NCCC1. The van der Waals surface area contributed by atoms with Crippen LogP contribution in [0.4, 0.5) is 0 Å². The molecule has 0 aromatic rings. The molecule has 1 aliphatic heterocycles. The molecule has 0 amide bonds. The van der Waals surface area contributed by atoms with Gasteiger partial charge in [-0.25, -0.2) is 0 Å². The summed E-state index contributed by atoms with van der Waals surface area (Å²) in [6, 6.07) is 0. The second-order valence-electron chi connectivity index (χ2n) is 2.05. The lowest BCUT2D eigenvalue weighted by molar-refractivity contribution is 0.849. The van der Waals surface area contributed by atoms with Crippen LogP contribution >= 0.6 is 12.2 Å². The Bertz CT molecular complexity index is 165. The highest BCUT2D eigenvalue weighted by molar-refractivity contribution is 7.80. The van der Waals surface area contributed by atoms with Crippen molar-refractivity contribution in [2.75, 3.05) is 6.54 Å². The van der Waals surface area contributed by atoms with Gasteiger partial charge in [0.25, 0.3) is 0 Å². The molecule has 0 spiro atoms. The van der Waals surface area contributed by atoms with Gasteiger partial charge in [-0.1, -0.05) is 0 Å². The van der Waals surface area contributed by atoms with Crippen molar-refractivity contribution in [2.24, 2.45) is 10.7 Å². The molecule has 4 N–H and O–H groups in total. The van der Waals surface area contributed by atoms with Gasteiger partial charge in [-0.2, -0.15) is 0 Å². The van der Waals surface area contributed by atoms with Crippen LogP contribution in [0.2, 0.25) is 0 Å². The summed E-state index contributed by atoms with van der Waals surface area (Å²) in [5, 5.41) is 0.245. The molecule has 0 atom stereocenters. The van der Waals surface area contributed by atoms with Gasteiger partial charge in [0.2, 0.25) is 0 Å². The molecule has 0 radical (unpaired) electrons. The third-order valence-corrected chi connectivity index (χ3v) is 1.31. The summed E-state index contributed by atoms with van der Waals surface area (Å²) in [6.45, 7) is 0.904. The first kappa shape index (κ1) is 7.27. The van der Waals surface area contributed by atoms with Gasteiger partial charge >= 0.3 is 0 Å². The number of hydrogen-bond donors (Lipinski definition) is 3. The fourth-order valence-electron chi connectivity index (χ4n) is 0.775. The van der Waals surface area contributed by atoms with Crippen molar-refractivity contribution in [1.82, 2.24) is 10.9 Å². The van der Waals surface area contributed by atoms with E-state index in [1.807, 2.05) is 0 Å². The number of thiocarbonyl (C=S) groups is 1. The molecule has 4 nitrogen and oxygen atoms in total. The predicted molar refractivity (Wildman–Crippen MR) is 44.6 cm³/mol. The van der Waals surface area contributed by atoms with Crippen molar-refractivity contribution in [3.63, 3.8) is 0 Å². The summed E-state index contributed by atoms with van der Waals surface area (Å²) in [6.07, 6.45) is 2.09. The summed E-state index contributed by atoms with van der Waals surface area (Å²) in [5.41, 5.74) is 10.6. The van der Waals surface area contributed by atoms with E-state index >= 15 is 0 Å². The van der Waals surface area contributed by atoms with Crippen LogP contribution in [0.25, 0.3) is 0 Å². The molecule has 0 bridgehead atoms. The Morgan fingerprint density at radius 3 is 3.00 bits per heavy atom. The lowest BCUT2D eigenvalue weighted by atomic mass is 10.3. The van der Waals surface area contributed by atoms with Gasteiger partial charge in [0.1, 0.15) is 5.84 Å². The highest BCUT2D eigenvalue weighted by atomic mass is 32.1. The van der Waals surface area contributed by atoms with Crippen LogP contribution in [0.1, 0.15) is 12.8 Å². The van der Waals surface area contributed by atoms with E-state index in [2.05, 4.69) is 28.1 Å². The Kier molecular flexibility index (Phi) is 2.44. The maximum atomic E-state index is 5.17. The number of hydrazine groups is 1. The molecule has 0 aromatic carbocycles. The average molecular weight is 158 g/mol. The monoisotopic (exact) mass is 158 g/mol. The molecule has 10 heavy (non-hydrogen) atoms. The van der Waals surface area contributed by atoms with E-state index in [0.717, 1.165) is 25.2 Å². The molecule has 56 valence electrons. The van der Waals surface area contributed by atoms with E-state index in [4.69, 9.17) is 5.73 Å². The zero-order valence-electron chi connectivity index (χ0n) is 5.55. The number of nitrogens with one attached hydrogen (secondary N) is 2. The van der Waals surface area contributed by atoms with Crippen molar-refractivity contribution < 1.29 is 0 Å². The summed E-state index contributed by atoms with van der Waals surface area (Å²) >= 11 is 4.58. The van der Waals surface area contributed by atoms with Gasteiger partial charge in [0, 0.05) is 13.0 Å². The molecule has 0 saturated heterocycles. The van der Waals surface area contributed by atoms with Gasteiger partial charge in [-0.3, -0.25) is 15.8 Å². The summed E-state index contributed by atoms with van der Waals surface area (Å²) in [4.78, 5) is 4.14. The standard InChI is InChI=1S/C5H10N4S/c6-5(10)9-8-4-2-1-3-7-4/h1-3H2,(H,7,8)(H3,6,9,10). The van der Waals surface area contributed by atoms with Crippen molar-refractivity contribution >= 4 is 23.2 Å². The molecule has 0 unspecified atom stereocenters. The number of nitrogens with zero attached hydrogens (tertiary/aromatic N) is 1. The Balaban J connectivity index is 2.19. The van der Waals surface area contributed by atoms with E-state index in [1.165, 1.54) is 0 Å². The second kappa shape index (κ2) is 3.36. The first-order valence-electron chi connectivity index (χ1n) is 3.14. The molecule has 1 heterocycles. The van der Waals surface area contributed by atoms with E-state index in [-0.39, 0.29) is 5.11 Å². The van der Waals surface area contributed by atoms with Gasteiger partial charge in [0.15, 0.2) is 5.11 Å². The molecule has 0 saturated carbocycles. The van der Waals surface area contributed by atoms with Gasteiger partial charge in [-0.15, -0.1) is 0 Å². The number of rotatable bonds is 0. The highest BCUT2D eigenvalue weighted by Gasteiger charge is 2.03. The quantitative estimate of drug-likeness (QED) is 0.329. The molecule has 5 heteroatoms. The molecule has 0 fully saturated rings. The fourth-order valence-corrected chi connectivity index (χ4v) is 0.826. The molecular formula is C5H10N4S. The Morgan fingerprint density at radius 2 is 2.50 bits per heavy atom. The molecule has 0 aliphatic carbocycles. The van der Waals surface area contributed by atoms with Crippen LogP contribution in [-0.2, 0) is 0 Å². The summed E-state index contributed by atoms with van der Waals surface area (Å²) in [5.74, 6) is 0.938. The van der Waals surface area contributed by atoms with Gasteiger partial charge in [0.05, 0.1) is 0 Å². The van der Waals surface area contributed by atoms with Crippen LogP contribution in [0.3, 0.4) is 0 Å². The summed E-state index contributed by atoms with van der Waals surface area (Å²) < 4.78 is 0. The smallest absolute Gasteiger partial charge is 0.182 e. The Hall–Kier alpha value is -0.840. The third kappa shape index (κ3) is 2.18. The predicted octanol–water partition coefficient (Wildman–Crippen LogP) is -0.483. The normalized spacial score (nSPS) is 16.2. The van der Waals surface area contributed by atoms with E-state index in [9.17, 15) is 0 Å². The van der Waals surface area contributed by atoms with Crippen LogP contribution < -0.4 is 16.6 Å². The highest BCUT2D eigenvalue weighted by Crippen LogP contribution is 1.99. The third-order valence-electron chi connectivity index (χ3n) is 1.20. The topological polar surface area (TPSA) is 62.4 Å². The maximum absolute atomic E-state index is 5.17. The zero-order chi connectivity index (χ0) is 7.40. The first-order chi connectivity index (χ1) is 4.79. The Labute approximate surface area is 64.9 Å². The molecule has 1 rings (SSSR count). The van der Waals surface area contributed by atoms with Crippen LogP contribution in [0.5, 0.6) is 0 Å². The van der Waals surface area contributed by atoms with E-state index < -0.39 is 0 Å². The van der Waals surface area contributed by atoms with Crippen LogP contribution in [-0.4, -0.2) is 17.5 Å². The number of hydrogen-bond acceptors (Lipinski definition) is 3. The van der Waals surface area contributed by atoms with E-state index in [0.29, 0.717) is 0 Å². The van der Waals surface area contributed by atoms with Gasteiger partial charge < -0.3 is 5.73 Å².